The Morgan fingerprint density at radius 1 is 1.00 bits per heavy atom. The molecule has 0 aromatic rings. The van der Waals surface area contributed by atoms with E-state index in [1.807, 2.05) is 0 Å². The van der Waals surface area contributed by atoms with Crippen molar-refractivity contribution in [3.05, 3.63) is 12.7 Å². The zero-order chi connectivity index (χ0) is 18.5. The van der Waals surface area contributed by atoms with E-state index in [4.69, 9.17) is 4.74 Å². The summed E-state index contributed by atoms with van der Waals surface area (Å²) in [5, 5.41) is 0. The van der Waals surface area contributed by atoms with Gasteiger partial charge in [0, 0.05) is 18.2 Å². The topological polar surface area (TPSA) is 83.5 Å². The molecule has 0 unspecified atom stereocenters. The molecule has 0 saturated heterocycles. The van der Waals surface area contributed by atoms with Gasteiger partial charge in [-0.15, -0.1) is 0 Å². The maximum absolute atomic E-state index is 10.8. The van der Waals surface area contributed by atoms with Crippen molar-refractivity contribution in [2.24, 2.45) is 0 Å². The van der Waals surface area contributed by atoms with Gasteiger partial charge in [-0.3, -0.25) is 0 Å². The Labute approximate surface area is 147 Å². The van der Waals surface area contributed by atoms with Gasteiger partial charge in [-0.2, -0.15) is 0 Å². The summed E-state index contributed by atoms with van der Waals surface area (Å²) in [4.78, 5) is 10.8. The summed E-state index contributed by atoms with van der Waals surface area (Å²) in [5.74, 6) is -0.625. The van der Waals surface area contributed by atoms with Crippen molar-refractivity contribution >= 4 is 16.1 Å². The van der Waals surface area contributed by atoms with E-state index >= 15 is 0 Å². The van der Waals surface area contributed by atoms with E-state index in [0.29, 0.717) is 19.6 Å². The minimum Gasteiger partial charge on any atom is -0.748 e. The van der Waals surface area contributed by atoms with Crippen LogP contribution in [0.5, 0.6) is 0 Å². The standard InChI is InChI=1S/C17H33NO5S/c1-4-17(19)23-15-11-9-7-5-6-8-10-13-18(2,3)14-12-16-24(20,21)22/h4H,1,5-16H2,2-3H3. The predicted octanol–water partition coefficient (Wildman–Crippen LogP) is 2.46. The molecule has 24 heavy (non-hydrogen) atoms. The molecule has 0 atom stereocenters. The Morgan fingerprint density at radius 2 is 1.50 bits per heavy atom. The van der Waals surface area contributed by atoms with Gasteiger partial charge < -0.3 is 13.8 Å². The Morgan fingerprint density at radius 3 is 2.04 bits per heavy atom. The molecule has 0 aromatic heterocycles. The highest BCUT2D eigenvalue weighted by molar-refractivity contribution is 7.85. The number of rotatable bonds is 15. The first-order chi connectivity index (χ1) is 11.2. The Kier molecular flexibility index (Phi) is 12.0. The second-order valence-electron chi connectivity index (χ2n) is 6.84. The Bertz CT molecular complexity index is 460. The van der Waals surface area contributed by atoms with E-state index in [2.05, 4.69) is 20.7 Å². The van der Waals surface area contributed by atoms with E-state index < -0.39 is 10.1 Å². The molecule has 0 heterocycles. The molecule has 0 rings (SSSR count). The predicted molar refractivity (Wildman–Crippen MR) is 94.5 cm³/mol. The van der Waals surface area contributed by atoms with Crippen LogP contribution >= 0.6 is 0 Å². The van der Waals surface area contributed by atoms with Crippen LogP contribution in [0.3, 0.4) is 0 Å². The fourth-order valence-electron chi connectivity index (χ4n) is 2.54. The second kappa shape index (κ2) is 12.4. The summed E-state index contributed by atoms with van der Waals surface area (Å²) in [6.45, 7) is 5.52. The van der Waals surface area contributed by atoms with Crippen LogP contribution in [0.4, 0.5) is 0 Å². The van der Waals surface area contributed by atoms with Crippen molar-refractivity contribution in [2.75, 3.05) is 39.5 Å². The number of hydrogen-bond donors (Lipinski definition) is 0. The van der Waals surface area contributed by atoms with Gasteiger partial charge in [0.15, 0.2) is 0 Å². The quantitative estimate of drug-likeness (QED) is 0.147. The lowest BCUT2D eigenvalue weighted by molar-refractivity contribution is -0.890. The first-order valence-corrected chi connectivity index (χ1v) is 10.3. The van der Waals surface area contributed by atoms with Crippen LogP contribution in [0.2, 0.25) is 0 Å². The van der Waals surface area contributed by atoms with Crippen LogP contribution in [0.15, 0.2) is 12.7 Å². The lowest BCUT2D eigenvalue weighted by atomic mass is 10.1. The summed E-state index contributed by atoms with van der Waals surface area (Å²) in [5.41, 5.74) is 0. The van der Waals surface area contributed by atoms with Crippen molar-refractivity contribution in [3.8, 4) is 0 Å². The summed E-state index contributed by atoms with van der Waals surface area (Å²) >= 11 is 0. The molecule has 0 saturated carbocycles. The highest BCUT2D eigenvalue weighted by Crippen LogP contribution is 2.10. The van der Waals surface area contributed by atoms with E-state index in [1.165, 1.54) is 18.9 Å². The van der Waals surface area contributed by atoms with Gasteiger partial charge >= 0.3 is 5.97 Å². The molecule has 7 heteroatoms. The van der Waals surface area contributed by atoms with Gasteiger partial charge in [0.25, 0.3) is 0 Å². The molecule has 0 aliphatic heterocycles. The molecule has 0 N–H and O–H groups in total. The van der Waals surface area contributed by atoms with Crippen LogP contribution in [0.1, 0.15) is 51.4 Å². The first kappa shape index (κ1) is 23.1. The van der Waals surface area contributed by atoms with Crippen LogP contribution in [-0.4, -0.2) is 63.0 Å². The number of carbonyl (C=O) groups is 1. The minimum atomic E-state index is -4.09. The van der Waals surface area contributed by atoms with E-state index in [1.54, 1.807) is 0 Å². The van der Waals surface area contributed by atoms with Crippen molar-refractivity contribution in [1.82, 2.24) is 0 Å². The third kappa shape index (κ3) is 16.0. The summed E-state index contributed by atoms with van der Waals surface area (Å²) < 4.78 is 37.5. The van der Waals surface area contributed by atoms with Crippen molar-refractivity contribution in [2.45, 2.75) is 51.4 Å². The van der Waals surface area contributed by atoms with E-state index in [-0.39, 0.29) is 11.7 Å². The fourth-order valence-corrected chi connectivity index (χ4v) is 3.02. The molecule has 0 aliphatic rings. The fraction of sp³-hybridized carbons (Fsp3) is 0.824. The summed E-state index contributed by atoms with van der Waals surface area (Å²) in [7, 11) is 0.0551. The molecule has 0 aliphatic carbocycles. The SMILES string of the molecule is C=CC(=O)OCCCCCCCCC[N+](C)(C)CCCS(=O)(=O)[O-]. The highest BCUT2D eigenvalue weighted by Gasteiger charge is 2.14. The zero-order valence-corrected chi connectivity index (χ0v) is 16.0. The zero-order valence-electron chi connectivity index (χ0n) is 15.2. The molecule has 0 aromatic carbocycles. The number of hydrogen-bond acceptors (Lipinski definition) is 5. The smallest absolute Gasteiger partial charge is 0.330 e. The third-order valence-electron chi connectivity index (χ3n) is 3.98. The molecule has 142 valence electrons. The van der Waals surface area contributed by atoms with Crippen molar-refractivity contribution in [3.63, 3.8) is 0 Å². The number of unbranched alkanes of at least 4 members (excludes halogenated alkanes) is 6. The first-order valence-electron chi connectivity index (χ1n) is 8.71. The third-order valence-corrected chi connectivity index (χ3v) is 4.77. The molecule has 0 radical (unpaired) electrons. The maximum Gasteiger partial charge on any atom is 0.330 e. The number of ether oxygens (including phenoxy) is 1. The lowest BCUT2D eigenvalue weighted by Crippen LogP contribution is -2.41. The summed E-state index contributed by atoms with van der Waals surface area (Å²) in [6.07, 6.45) is 9.33. The molecule has 0 bridgehead atoms. The number of esters is 1. The molecule has 0 fully saturated rings. The normalized spacial score (nSPS) is 12.1. The number of carbonyl (C=O) groups excluding carboxylic acids is 1. The molecular formula is C17H33NO5S. The molecular weight excluding hydrogens is 330 g/mol. The van der Waals surface area contributed by atoms with Crippen molar-refractivity contribution in [1.29, 1.82) is 0 Å². The van der Waals surface area contributed by atoms with Crippen LogP contribution in [-0.2, 0) is 19.6 Å². The van der Waals surface area contributed by atoms with E-state index in [9.17, 15) is 17.8 Å². The maximum atomic E-state index is 10.8. The van der Waals surface area contributed by atoms with Gasteiger partial charge in [0.05, 0.1) is 43.9 Å². The van der Waals surface area contributed by atoms with Crippen molar-refractivity contribution < 1.29 is 27.0 Å². The minimum absolute atomic E-state index is 0.267. The molecule has 6 nitrogen and oxygen atoms in total. The van der Waals surface area contributed by atoms with Crippen LogP contribution in [0, 0.1) is 0 Å². The number of nitrogens with zero attached hydrogens (tertiary/aromatic N) is 1. The largest absolute Gasteiger partial charge is 0.748 e. The monoisotopic (exact) mass is 363 g/mol. The average molecular weight is 364 g/mol. The Hall–Kier alpha value is -0.920. The second-order valence-corrected chi connectivity index (χ2v) is 8.37. The van der Waals surface area contributed by atoms with Crippen LogP contribution in [0.25, 0.3) is 0 Å². The lowest BCUT2D eigenvalue weighted by Gasteiger charge is -2.30. The average Bonchev–Trinajstić information content (AvgIpc) is 2.47. The highest BCUT2D eigenvalue weighted by atomic mass is 32.2. The van der Waals surface area contributed by atoms with Gasteiger partial charge in [-0.25, -0.2) is 13.2 Å². The van der Waals surface area contributed by atoms with Gasteiger partial charge in [-0.05, 0) is 19.3 Å². The van der Waals surface area contributed by atoms with Gasteiger partial charge in [0.1, 0.15) is 0 Å². The van der Waals surface area contributed by atoms with Gasteiger partial charge in [-0.1, -0.05) is 32.3 Å². The molecule has 0 amide bonds. The number of quaternary nitrogens is 1. The van der Waals surface area contributed by atoms with E-state index in [0.717, 1.165) is 43.1 Å². The van der Waals surface area contributed by atoms with Gasteiger partial charge in [0.2, 0.25) is 0 Å². The Balaban J connectivity index is 3.48. The summed E-state index contributed by atoms with van der Waals surface area (Å²) in [6, 6.07) is 0. The molecule has 0 spiro atoms. The van der Waals surface area contributed by atoms with Crippen LogP contribution < -0.4 is 0 Å².